The molecule has 188 valence electrons. The van der Waals surface area contributed by atoms with E-state index in [9.17, 15) is 18.0 Å². The molecule has 3 heterocycles. The molecule has 2 aromatic carbocycles. The van der Waals surface area contributed by atoms with Gasteiger partial charge in [0.25, 0.3) is 5.91 Å². The number of nitrogens with two attached hydrogens (primary N) is 1. The molecule has 1 unspecified atom stereocenters. The van der Waals surface area contributed by atoms with Crippen molar-refractivity contribution in [2.24, 2.45) is 5.73 Å². The lowest BCUT2D eigenvalue weighted by Gasteiger charge is -2.15. The summed E-state index contributed by atoms with van der Waals surface area (Å²) in [7, 11) is 1.33. The lowest BCUT2D eigenvalue weighted by atomic mass is 10.1. The molecule has 0 radical (unpaired) electrons. The maximum atomic E-state index is 13.6. The van der Waals surface area contributed by atoms with Crippen molar-refractivity contribution in [2.75, 3.05) is 7.11 Å². The fourth-order valence-corrected chi connectivity index (χ4v) is 4.47. The summed E-state index contributed by atoms with van der Waals surface area (Å²) in [6.07, 6.45) is 0.886. The Balaban J connectivity index is 1.61. The number of methoxy groups -OCH3 is 1. The lowest BCUT2D eigenvalue weighted by molar-refractivity contribution is -0.140. The molecule has 2 aromatic heterocycles. The van der Waals surface area contributed by atoms with Crippen molar-refractivity contribution in [3.63, 3.8) is 0 Å². The topological polar surface area (TPSA) is 94.5 Å². The third-order valence-corrected chi connectivity index (χ3v) is 6.38. The molecule has 0 fully saturated rings. The molecule has 1 amide bonds. The monoisotopic (exact) mass is 506 g/mol. The number of ether oxygens (including phenoxy) is 1. The first-order chi connectivity index (χ1) is 17.6. The molecule has 1 aliphatic rings. The zero-order valence-corrected chi connectivity index (χ0v) is 19.9. The van der Waals surface area contributed by atoms with Crippen molar-refractivity contribution in [1.29, 1.82) is 0 Å². The average Bonchev–Trinajstić information content (AvgIpc) is 3.52. The van der Waals surface area contributed by atoms with Gasteiger partial charge in [-0.25, -0.2) is 9.97 Å². The van der Waals surface area contributed by atoms with E-state index in [2.05, 4.69) is 15.9 Å². The van der Waals surface area contributed by atoms with Crippen LogP contribution in [0.25, 0.3) is 22.4 Å². The zero-order chi connectivity index (χ0) is 26.5. The Morgan fingerprint density at radius 2 is 1.97 bits per heavy atom. The number of pyridine rings is 1. The minimum atomic E-state index is -4.64. The summed E-state index contributed by atoms with van der Waals surface area (Å²) in [6.45, 7) is 2.76. The average molecular weight is 506 g/mol. The van der Waals surface area contributed by atoms with Gasteiger partial charge in [-0.15, -0.1) is 6.42 Å². The van der Waals surface area contributed by atoms with Gasteiger partial charge in [-0.05, 0) is 47.9 Å². The van der Waals surface area contributed by atoms with E-state index >= 15 is 0 Å². The lowest BCUT2D eigenvalue weighted by Crippen LogP contribution is -2.27. The largest absolute Gasteiger partial charge is 0.494 e. The molecule has 5 rings (SSSR count). The molecule has 2 N–H and O–H groups in total. The number of benzene rings is 2. The second kappa shape index (κ2) is 8.94. The number of alkyl halides is 3. The van der Waals surface area contributed by atoms with Crippen molar-refractivity contribution in [1.82, 2.24) is 14.9 Å². The maximum Gasteiger partial charge on any atom is 0.433 e. The highest BCUT2D eigenvalue weighted by Crippen LogP contribution is 2.38. The van der Waals surface area contributed by atoms with Gasteiger partial charge in [0.15, 0.2) is 11.5 Å². The third kappa shape index (κ3) is 4.17. The van der Waals surface area contributed by atoms with Crippen LogP contribution in [-0.4, -0.2) is 27.9 Å². The Kier molecular flexibility index (Phi) is 5.88. The highest BCUT2D eigenvalue weighted by molar-refractivity contribution is 5.98. The first kappa shape index (κ1) is 24.3. The molecule has 0 aliphatic carbocycles. The Morgan fingerprint density at radius 1 is 1.19 bits per heavy atom. The van der Waals surface area contributed by atoms with E-state index in [-0.39, 0.29) is 34.0 Å². The molecule has 0 saturated heterocycles. The predicted octanol–water partition coefficient (Wildman–Crippen LogP) is 5.01. The number of carbonyl (C=O) groups is 1. The summed E-state index contributed by atoms with van der Waals surface area (Å²) in [4.78, 5) is 23.4. The molecule has 7 nitrogen and oxygen atoms in total. The van der Waals surface area contributed by atoms with Gasteiger partial charge in [-0.1, -0.05) is 24.1 Å². The van der Waals surface area contributed by atoms with Gasteiger partial charge in [-0.2, -0.15) is 13.2 Å². The number of amides is 1. The minimum absolute atomic E-state index is 0.000910. The van der Waals surface area contributed by atoms with Crippen LogP contribution in [0.15, 0.2) is 46.9 Å². The second-order valence-electron chi connectivity index (χ2n) is 8.66. The number of aromatic nitrogens is 2. The van der Waals surface area contributed by atoms with Gasteiger partial charge >= 0.3 is 6.18 Å². The summed E-state index contributed by atoms with van der Waals surface area (Å²) in [5.41, 5.74) is 8.39. The fraction of sp³-hybridized carbons (Fsp3) is 0.222. The number of fused-ring (bicyclic) bond motifs is 2. The van der Waals surface area contributed by atoms with Gasteiger partial charge in [-0.3, -0.25) is 4.79 Å². The van der Waals surface area contributed by atoms with Gasteiger partial charge in [0.05, 0.1) is 7.11 Å². The van der Waals surface area contributed by atoms with Crippen molar-refractivity contribution in [3.8, 4) is 29.5 Å². The standard InChI is InChI=1S/C27H21F3N4O3/c1-4-19(31)24-23(26(35)34-12-15-7-5-6-14(2)18(15)13-34)33-25(37-24)17-8-10-20(36-3)22-16(17)9-11-21(32-22)27(28,29)30/h1,5-11,19H,12-13,31H2,2-3H3. The van der Waals surface area contributed by atoms with Crippen molar-refractivity contribution in [2.45, 2.75) is 32.2 Å². The summed E-state index contributed by atoms with van der Waals surface area (Å²) in [6, 6.07) is 9.95. The highest BCUT2D eigenvalue weighted by Gasteiger charge is 2.34. The Bertz CT molecular complexity index is 1590. The van der Waals surface area contributed by atoms with Gasteiger partial charge in [0.2, 0.25) is 5.89 Å². The van der Waals surface area contributed by atoms with E-state index in [0.717, 1.165) is 22.8 Å². The van der Waals surface area contributed by atoms with E-state index in [4.69, 9.17) is 21.3 Å². The molecular formula is C27H21F3N4O3. The zero-order valence-electron chi connectivity index (χ0n) is 19.9. The van der Waals surface area contributed by atoms with Crippen LogP contribution in [0.1, 0.15) is 44.7 Å². The molecule has 4 aromatic rings. The summed E-state index contributed by atoms with van der Waals surface area (Å²) in [5, 5.41) is 0.289. The van der Waals surface area contributed by atoms with Crippen LogP contribution in [0.2, 0.25) is 0 Å². The number of rotatable bonds is 4. The van der Waals surface area contributed by atoms with Crippen molar-refractivity contribution in [3.05, 3.63) is 76.3 Å². The predicted molar refractivity (Wildman–Crippen MR) is 129 cm³/mol. The van der Waals surface area contributed by atoms with E-state index < -0.39 is 23.8 Å². The van der Waals surface area contributed by atoms with Gasteiger partial charge < -0.3 is 19.8 Å². The number of nitrogens with zero attached hydrogens (tertiary/aromatic N) is 3. The first-order valence-corrected chi connectivity index (χ1v) is 11.3. The molecule has 1 atom stereocenters. The Labute approximate surface area is 210 Å². The number of carbonyl (C=O) groups excluding carboxylic acids is 1. The fourth-order valence-electron chi connectivity index (χ4n) is 4.47. The van der Waals surface area contributed by atoms with Crippen LogP contribution < -0.4 is 10.5 Å². The summed E-state index contributed by atoms with van der Waals surface area (Å²) >= 11 is 0. The van der Waals surface area contributed by atoms with E-state index in [1.54, 1.807) is 11.0 Å². The van der Waals surface area contributed by atoms with Crippen LogP contribution in [0.5, 0.6) is 5.75 Å². The van der Waals surface area contributed by atoms with Crippen molar-refractivity contribution < 1.29 is 27.1 Å². The van der Waals surface area contributed by atoms with Crippen LogP contribution >= 0.6 is 0 Å². The Hall–Kier alpha value is -4.36. The van der Waals surface area contributed by atoms with Crippen LogP contribution in [0.3, 0.4) is 0 Å². The molecule has 10 heteroatoms. The summed E-state index contributed by atoms with van der Waals surface area (Å²) in [5.74, 6) is 2.05. The van der Waals surface area contributed by atoms with Crippen LogP contribution in [0.4, 0.5) is 13.2 Å². The number of hydrogen-bond donors (Lipinski definition) is 1. The second-order valence-corrected chi connectivity index (χ2v) is 8.66. The highest BCUT2D eigenvalue weighted by atomic mass is 19.4. The number of halogens is 3. The van der Waals surface area contributed by atoms with E-state index in [1.807, 2.05) is 25.1 Å². The maximum absolute atomic E-state index is 13.6. The number of oxazole rings is 1. The van der Waals surface area contributed by atoms with Gasteiger partial charge in [0, 0.05) is 24.0 Å². The number of aryl methyl sites for hydroxylation is 1. The number of hydrogen-bond acceptors (Lipinski definition) is 6. The molecule has 0 spiro atoms. The summed E-state index contributed by atoms with van der Waals surface area (Å²) < 4.78 is 51.1. The van der Waals surface area contributed by atoms with E-state index in [0.29, 0.717) is 18.7 Å². The Morgan fingerprint density at radius 3 is 2.65 bits per heavy atom. The minimum Gasteiger partial charge on any atom is -0.494 e. The van der Waals surface area contributed by atoms with Crippen LogP contribution in [-0.2, 0) is 19.3 Å². The smallest absolute Gasteiger partial charge is 0.433 e. The normalized spacial score (nSPS) is 13.9. The molecule has 1 aliphatic heterocycles. The third-order valence-electron chi connectivity index (χ3n) is 6.38. The quantitative estimate of drug-likeness (QED) is 0.391. The number of terminal acetylenes is 1. The molecule has 37 heavy (non-hydrogen) atoms. The SMILES string of the molecule is C#CC(N)c1oc(-c2ccc(OC)c3nc(C(F)(F)F)ccc23)nc1C(=O)N1Cc2cccc(C)c2C1. The molecule has 0 bridgehead atoms. The van der Waals surface area contributed by atoms with Gasteiger partial charge in [0.1, 0.15) is 23.0 Å². The molecule has 0 saturated carbocycles. The first-order valence-electron chi connectivity index (χ1n) is 11.3. The van der Waals surface area contributed by atoms with Crippen LogP contribution in [0, 0.1) is 19.3 Å². The van der Waals surface area contributed by atoms with Crippen molar-refractivity contribution >= 4 is 16.8 Å². The van der Waals surface area contributed by atoms with E-state index in [1.165, 1.54) is 19.2 Å². The molecular weight excluding hydrogens is 485 g/mol.